The summed E-state index contributed by atoms with van der Waals surface area (Å²) in [5.74, 6) is 1.24. The van der Waals surface area contributed by atoms with Crippen LogP contribution in [0.3, 0.4) is 0 Å². The van der Waals surface area contributed by atoms with Gasteiger partial charge in [0.25, 0.3) is 0 Å². The molecule has 8 nitrogen and oxygen atoms in total. The number of guanidine groups is 1. The molecule has 0 spiro atoms. The van der Waals surface area contributed by atoms with Gasteiger partial charge in [0.05, 0.1) is 5.75 Å². The molecule has 0 unspecified atom stereocenters. The van der Waals surface area contributed by atoms with Crippen molar-refractivity contribution < 1.29 is 13.2 Å². The number of nitrogens with zero attached hydrogens (tertiary/aromatic N) is 2. The molecule has 0 radical (unpaired) electrons. The Morgan fingerprint density at radius 1 is 1.20 bits per heavy atom. The summed E-state index contributed by atoms with van der Waals surface area (Å²) in [6.07, 6.45) is 2.47. The second kappa shape index (κ2) is 11.3. The molecule has 1 aliphatic heterocycles. The Kier molecular flexibility index (Phi) is 9.10. The summed E-state index contributed by atoms with van der Waals surface area (Å²) < 4.78 is 27.3. The van der Waals surface area contributed by atoms with Crippen LogP contribution >= 0.6 is 0 Å². The molecule has 30 heavy (non-hydrogen) atoms. The Balaban J connectivity index is 1.96. The number of nitrogens with one attached hydrogen (secondary N) is 3. The Hall–Kier alpha value is -2.13. The van der Waals surface area contributed by atoms with Crippen molar-refractivity contribution >= 4 is 21.9 Å². The van der Waals surface area contributed by atoms with Crippen LogP contribution in [0.1, 0.15) is 44.2 Å². The summed E-state index contributed by atoms with van der Waals surface area (Å²) >= 11 is 0. The molecule has 1 aliphatic rings. The fourth-order valence-electron chi connectivity index (χ4n) is 3.70. The molecule has 168 valence electrons. The van der Waals surface area contributed by atoms with Gasteiger partial charge in [0, 0.05) is 46.2 Å². The third-order valence-corrected chi connectivity index (χ3v) is 6.72. The molecule has 1 saturated heterocycles. The minimum absolute atomic E-state index is 0.0491. The fourth-order valence-corrected chi connectivity index (χ4v) is 5.19. The lowest BCUT2D eigenvalue weighted by Gasteiger charge is -2.34. The van der Waals surface area contributed by atoms with Gasteiger partial charge in [0.15, 0.2) is 5.96 Å². The maximum atomic E-state index is 12.3. The van der Waals surface area contributed by atoms with Crippen molar-refractivity contribution in [3.63, 3.8) is 0 Å². The number of piperidine rings is 1. The molecule has 1 fully saturated rings. The highest BCUT2D eigenvalue weighted by atomic mass is 32.2. The Morgan fingerprint density at radius 2 is 1.83 bits per heavy atom. The highest BCUT2D eigenvalue weighted by Gasteiger charge is 2.23. The van der Waals surface area contributed by atoms with Crippen molar-refractivity contribution in [3.8, 4) is 0 Å². The monoisotopic (exact) mass is 437 g/mol. The Morgan fingerprint density at radius 3 is 2.40 bits per heavy atom. The van der Waals surface area contributed by atoms with E-state index in [1.54, 1.807) is 14.1 Å². The molecule has 0 atom stereocenters. The van der Waals surface area contributed by atoms with Crippen molar-refractivity contribution in [3.05, 3.63) is 35.4 Å². The maximum Gasteiger partial charge on any atom is 0.220 e. The third-order valence-electron chi connectivity index (χ3n) is 5.19. The number of benzene rings is 1. The molecule has 0 bridgehead atoms. The first kappa shape index (κ1) is 24.1. The van der Waals surface area contributed by atoms with Crippen LogP contribution in [-0.2, 0) is 27.1 Å². The SMILES string of the molecule is CN=C(NCc1ccccc1CS(=O)(=O)NC(C)C)N1CCC(CC(=O)NC)CC1. The van der Waals surface area contributed by atoms with Gasteiger partial charge in [0.1, 0.15) is 0 Å². The molecular weight excluding hydrogens is 402 g/mol. The van der Waals surface area contributed by atoms with Crippen LogP contribution in [0.15, 0.2) is 29.3 Å². The van der Waals surface area contributed by atoms with Crippen molar-refractivity contribution in [2.45, 2.75) is 51.4 Å². The number of carbonyl (C=O) groups is 1. The largest absolute Gasteiger partial charge is 0.359 e. The molecule has 1 amide bonds. The van der Waals surface area contributed by atoms with Gasteiger partial charge in [-0.15, -0.1) is 0 Å². The lowest BCUT2D eigenvalue weighted by molar-refractivity contribution is -0.121. The van der Waals surface area contributed by atoms with Crippen LogP contribution in [0.4, 0.5) is 0 Å². The van der Waals surface area contributed by atoms with Crippen LogP contribution in [0, 0.1) is 5.92 Å². The first-order chi connectivity index (χ1) is 14.2. The van der Waals surface area contributed by atoms with E-state index in [0.29, 0.717) is 18.9 Å². The van der Waals surface area contributed by atoms with Gasteiger partial charge in [-0.3, -0.25) is 9.79 Å². The van der Waals surface area contributed by atoms with E-state index in [1.807, 2.05) is 38.1 Å². The molecule has 2 rings (SSSR count). The van der Waals surface area contributed by atoms with E-state index in [1.165, 1.54) is 0 Å². The zero-order valence-corrected chi connectivity index (χ0v) is 19.3. The van der Waals surface area contributed by atoms with Crippen LogP contribution in [0.5, 0.6) is 0 Å². The predicted octanol–water partition coefficient (Wildman–Crippen LogP) is 1.44. The van der Waals surface area contributed by atoms with Gasteiger partial charge < -0.3 is 15.5 Å². The summed E-state index contributed by atoms with van der Waals surface area (Å²) in [4.78, 5) is 18.2. The van der Waals surface area contributed by atoms with E-state index in [2.05, 4.69) is 25.2 Å². The van der Waals surface area contributed by atoms with E-state index in [4.69, 9.17) is 0 Å². The van der Waals surface area contributed by atoms with E-state index in [0.717, 1.165) is 43.0 Å². The number of hydrogen-bond donors (Lipinski definition) is 3. The molecule has 0 saturated carbocycles. The Labute approximate surface area is 180 Å². The number of hydrogen-bond acceptors (Lipinski definition) is 4. The third kappa shape index (κ3) is 7.60. The predicted molar refractivity (Wildman–Crippen MR) is 121 cm³/mol. The normalized spacial score (nSPS) is 16.0. The Bertz CT molecular complexity index is 831. The summed E-state index contributed by atoms with van der Waals surface area (Å²) in [7, 11) is 0.0332. The topological polar surface area (TPSA) is 103 Å². The van der Waals surface area contributed by atoms with Gasteiger partial charge in [-0.2, -0.15) is 0 Å². The van der Waals surface area contributed by atoms with Crippen LogP contribution in [-0.4, -0.2) is 58.4 Å². The van der Waals surface area contributed by atoms with Crippen molar-refractivity contribution in [1.82, 2.24) is 20.3 Å². The maximum absolute atomic E-state index is 12.3. The molecule has 1 heterocycles. The van der Waals surface area contributed by atoms with E-state index in [9.17, 15) is 13.2 Å². The smallest absolute Gasteiger partial charge is 0.220 e. The standard InChI is InChI=1S/C21H35N5O3S/c1-16(2)25-30(28,29)15-19-8-6-5-7-18(19)14-24-21(23-4)26-11-9-17(10-12-26)13-20(27)22-3/h5-8,16-17,25H,9-15H2,1-4H3,(H,22,27)(H,23,24). The average Bonchev–Trinajstić information content (AvgIpc) is 2.69. The summed E-state index contributed by atoms with van der Waals surface area (Å²) in [6, 6.07) is 7.43. The molecule has 3 N–H and O–H groups in total. The minimum atomic E-state index is -3.39. The fraction of sp³-hybridized carbons (Fsp3) is 0.619. The molecular formula is C21H35N5O3S. The molecule has 9 heteroatoms. The van der Waals surface area contributed by atoms with Crippen LogP contribution in [0.25, 0.3) is 0 Å². The molecule has 0 aromatic heterocycles. The number of sulfonamides is 1. The highest BCUT2D eigenvalue weighted by Crippen LogP contribution is 2.20. The number of amides is 1. The summed E-state index contributed by atoms with van der Waals surface area (Å²) in [6.45, 7) is 5.81. The van der Waals surface area contributed by atoms with E-state index in [-0.39, 0.29) is 17.7 Å². The first-order valence-electron chi connectivity index (χ1n) is 10.5. The zero-order chi connectivity index (χ0) is 22.1. The number of rotatable bonds is 8. The second-order valence-electron chi connectivity index (χ2n) is 8.01. The van der Waals surface area contributed by atoms with Gasteiger partial charge in [0.2, 0.25) is 15.9 Å². The van der Waals surface area contributed by atoms with Crippen molar-refractivity contribution in [1.29, 1.82) is 0 Å². The lowest BCUT2D eigenvalue weighted by Crippen LogP contribution is -2.45. The van der Waals surface area contributed by atoms with Crippen LogP contribution < -0.4 is 15.4 Å². The zero-order valence-electron chi connectivity index (χ0n) is 18.4. The average molecular weight is 438 g/mol. The number of carbonyl (C=O) groups excluding carboxylic acids is 1. The quantitative estimate of drug-likeness (QED) is 0.422. The van der Waals surface area contributed by atoms with Crippen molar-refractivity contribution in [2.24, 2.45) is 10.9 Å². The molecule has 1 aromatic carbocycles. The first-order valence-corrected chi connectivity index (χ1v) is 12.1. The summed E-state index contributed by atoms with van der Waals surface area (Å²) in [5, 5.41) is 6.06. The lowest BCUT2D eigenvalue weighted by atomic mass is 9.93. The van der Waals surface area contributed by atoms with Gasteiger partial charge >= 0.3 is 0 Å². The number of aliphatic imine (C=N–C) groups is 1. The van der Waals surface area contributed by atoms with Gasteiger partial charge in [-0.1, -0.05) is 24.3 Å². The summed E-state index contributed by atoms with van der Waals surface area (Å²) in [5.41, 5.74) is 1.71. The van der Waals surface area contributed by atoms with Gasteiger partial charge in [-0.25, -0.2) is 13.1 Å². The second-order valence-corrected chi connectivity index (χ2v) is 9.76. The number of likely N-dealkylation sites (tertiary alicyclic amines) is 1. The molecule has 1 aromatic rings. The van der Waals surface area contributed by atoms with Gasteiger partial charge in [-0.05, 0) is 43.7 Å². The van der Waals surface area contributed by atoms with E-state index < -0.39 is 10.0 Å². The van der Waals surface area contributed by atoms with Crippen molar-refractivity contribution in [2.75, 3.05) is 27.2 Å². The molecule has 0 aliphatic carbocycles. The highest BCUT2D eigenvalue weighted by molar-refractivity contribution is 7.88. The van der Waals surface area contributed by atoms with E-state index >= 15 is 0 Å². The minimum Gasteiger partial charge on any atom is -0.359 e. The van der Waals surface area contributed by atoms with Crippen LogP contribution in [0.2, 0.25) is 0 Å².